The summed E-state index contributed by atoms with van der Waals surface area (Å²) in [5.41, 5.74) is 2.24. The molecular weight excluding hydrogens is 284 g/mol. The largest absolute Gasteiger partial charge is 0.478 e. The number of benzene rings is 1. The Morgan fingerprint density at radius 3 is 1.78 bits per heavy atom. The maximum absolute atomic E-state index is 11.1. The monoisotopic (exact) mass is 318 g/mol. The minimum Gasteiger partial charge on any atom is -0.478 e. The lowest BCUT2D eigenvalue weighted by Gasteiger charge is -2.42. The molecule has 0 fully saturated rings. The van der Waals surface area contributed by atoms with Crippen LogP contribution in [0.4, 0.5) is 0 Å². The summed E-state index contributed by atoms with van der Waals surface area (Å²) in [6.45, 7) is 13.9. The molecule has 0 bridgehead atoms. The summed E-state index contributed by atoms with van der Waals surface area (Å²) in [4.78, 5) is 11.1. The van der Waals surface area contributed by atoms with Gasteiger partial charge in [-0.05, 0) is 40.9 Å². The zero-order valence-corrected chi connectivity index (χ0v) is 15.8. The van der Waals surface area contributed by atoms with Crippen LogP contribution >= 0.6 is 0 Å². The van der Waals surface area contributed by atoms with Crippen molar-refractivity contribution in [1.82, 2.24) is 0 Å². The van der Waals surface area contributed by atoms with Crippen LogP contribution in [0.15, 0.2) is 24.3 Å². The number of carbonyl (C=O) groups is 1. The van der Waals surface area contributed by atoms with E-state index in [4.69, 9.17) is 5.11 Å². The number of rotatable bonds is 9. The normalized spacial score (nSPS) is 13.8. The van der Waals surface area contributed by atoms with Gasteiger partial charge in [-0.15, -0.1) is 0 Å². The molecule has 0 radical (unpaired) electrons. The second-order valence-electron chi connectivity index (χ2n) is 7.56. The first-order valence-corrected chi connectivity index (χ1v) is 9.08. The van der Waals surface area contributed by atoms with E-state index in [0.29, 0.717) is 16.9 Å². The number of hydrogen-bond acceptors (Lipinski definition) is 1. The zero-order chi connectivity index (χ0) is 17.7. The van der Waals surface area contributed by atoms with E-state index < -0.39 is 5.97 Å². The van der Waals surface area contributed by atoms with E-state index >= 15 is 0 Å². The summed E-state index contributed by atoms with van der Waals surface area (Å²) < 4.78 is 0. The Hall–Kier alpha value is -1.31. The fourth-order valence-electron chi connectivity index (χ4n) is 3.40. The molecule has 1 unspecified atom stereocenters. The average molecular weight is 319 g/mol. The molecule has 0 heterocycles. The molecule has 0 aliphatic rings. The first kappa shape index (κ1) is 19.7. The van der Waals surface area contributed by atoms with Crippen molar-refractivity contribution in [2.75, 3.05) is 0 Å². The zero-order valence-electron chi connectivity index (χ0n) is 15.8. The molecule has 0 aliphatic carbocycles. The Morgan fingerprint density at radius 2 is 1.43 bits per heavy atom. The molecule has 130 valence electrons. The Balaban J connectivity index is 3.25. The van der Waals surface area contributed by atoms with E-state index in [9.17, 15) is 4.79 Å². The van der Waals surface area contributed by atoms with E-state index in [-0.39, 0.29) is 5.41 Å². The summed E-state index contributed by atoms with van der Waals surface area (Å²) >= 11 is 0. The summed E-state index contributed by atoms with van der Waals surface area (Å²) in [7, 11) is 0. The van der Waals surface area contributed by atoms with Gasteiger partial charge in [-0.2, -0.15) is 0 Å². The number of hydrogen-bond donors (Lipinski definition) is 1. The maximum Gasteiger partial charge on any atom is 0.335 e. The lowest BCUT2D eigenvalue weighted by Crippen LogP contribution is -2.30. The third kappa shape index (κ3) is 4.59. The van der Waals surface area contributed by atoms with E-state index in [1.807, 2.05) is 12.1 Å². The van der Waals surface area contributed by atoms with Crippen LogP contribution in [-0.4, -0.2) is 11.1 Å². The molecule has 0 saturated carbocycles. The second kappa shape index (κ2) is 7.99. The second-order valence-corrected chi connectivity index (χ2v) is 7.56. The van der Waals surface area contributed by atoms with E-state index in [2.05, 4.69) is 41.5 Å². The lowest BCUT2D eigenvalue weighted by molar-refractivity contribution is 0.0697. The molecule has 2 nitrogen and oxygen atoms in total. The maximum atomic E-state index is 11.1. The van der Waals surface area contributed by atoms with Crippen molar-refractivity contribution in [2.24, 2.45) is 10.8 Å². The van der Waals surface area contributed by atoms with Gasteiger partial charge in [0.05, 0.1) is 5.56 Å². The summed E-state index contributed by atoms with van der Waals surface area (Å²) in [6, 6.07) is 7.57. The highest BCUT2D eigenvalue weighted by Gasteiger charge is 2.36. The molecule has 1 N–H and O–H groups in total. The molecule has 0 saturated heterocycles. The first-order chi connectivity index (χ1) is 10.7. The van der Waals surface area contributed by atoms with Gasteiger partial charge in [0, 0.05) is 0 Å². The van der Waals surface area contributed by atoms with Crippen molar-refractivity contribution in [2.45, 2.75) is 79.6 Å². The van der Waals surface area contributed by atoms with Crippen molar-refractivity contribution in [3.05, 3.63) is 35.4 Å². The summed E-state index contributed by atoms with van der Waals surface area (Å²) in [6.07, 6.45) is 5.79. The number of aromatic carboxylic acids is 1. The van der Waals surface area contributed by atoms with Gasteiger partial charge in [0.15, 0.2) is 0 Å². The molecule has 0 aromatic heterocycles. The Bertz CT molecular complexity index is 493. The van der Waals surface area contributed by atoms with Gasteiger partial charge in [0.2, 0.25) is 0 Å². The summed E-state index contributed by atoms with van der Waals surface area (Å²) in [5.74, 6) is -0.390. The lowest BCUT2D eigenvalue weighted by atomic mass is 9.63. The predicted octanol–water partition coefficient (Wildman–Crippen LogP) is 6.51. The van der Waals surface area contributed by atoms with Gasteiger partial charge in [0.25, 0.3) is 0 Å². The van der Waals surface area contributed by atoms with Crippen molar-refractivity contribution in [1.29, 1.82) is 0 Å². The molecule has 1 aromatic rings. The van der Waals surface area contributed by atoms with Crippen molar-refractivity contribution in [3.63, 3.8) is 0 Å². The first-order valence-electron chi connectivity index (χ1n) is 9.08. The van der Waals surface area contributed by atoms with Gasteiger partial charge >= 0.3 is 5.97 Å². The van der Waals surface area contributed by atoms with E-state index in [1.165, 1.54) is 18.4 Å². The van der Waals surface area contributed by atoms with Crippen molar-refractivity contribution in [3.8, 4) is 0 Å². The van der Waals surface area contributed by atoms with Crippen LogP contribution < -0.4 is 0 Å². The van der Waals surface area contributed by atoms with Crippen molar-refractivity contribution >= 4 is 5.97 Å². The molecule has 2 heteroatoms. The quantitative estimate of drug-likeness (QED) is 0.563. The summed E-state index contributed by atoms with van der Waals surface area (Å²) in [5, 5.41) is 9.13. The van der Waals surface area contributed by atoms with Crippen LogP contribution in [0.25, 0.3) is 0 Å². The minimum atomic E-state index is -0.853. The van der Waals surface area contributed by atoms with Gasteiger partial charge in [-0.3, -0.25) is 0 Å². The van der Waals surface area contributed by atoms with Crippen LogP contribution in [0, 0.1) is 10.8 Å². The smallest absolute Gasteiger partial charge is 0.335 e. The van der Waals surface area contributed by atoms with Crippen LogP contribution in [-0.2, 0) is 0 Å². The fourth-order valence-corrected chi connectivity index (χ4v) is 3.40. The molecule has 0 aliphatic heterocycles. The minimum absolute atomic E-state index is 0.246. The molecular formula is C21H34O2. The van der Waals surface area contributed by atoms with Gasteiger partial charge in [0.1, 0.15) is 0 Å². The fraction of sp³-hybridized carbons (Fsp3) is 0.667. The highest BCUT2D eigenvalue weighted by atomic mass is 16.4. The van der Waals surface area contributed by atoms with Gasteiger partial charge < -0.3 is 5.11 Å². The Kier molecular flexibility index (Phi) is 6.85. The third-order valence-corrected chi connectivity index (χ3v) is 6.42. The topological polar surface area (TPSA) is 37.3 Å². The Labute approximate surface area is 142 Å². The van der Waals surface area contributed by atoms with Crippen LogP contribution in [0.5, 0.6) is 0 Å². The van der Waals surface area contributed by atoms with E-state index in [0.717, 1.165) is 19.3 Å². The average Bonchev–Trinajstić information content (AvgIpc) is 2.58. The molecule has 1 aromatic carbocycles. The van der Waals surface area contributed by atoms with Gasteiger partial charge in [-0.25, -0.2) is 4.79 Å². The molecule has 1 rings (SSSR count). The van der Waals surface area contributed by atoms with Crippen LogP contribution in [0.1, 0.15) is 95.5 Å². The van der Waals surface area contributed by atoms with Crippen LogP contribution in [0.2, 0.25) is 0 Å². The predicted molar refractivity (Wildman–Crippen MR) is 98.1 cm³/mol. The van der Waals surface area contributed by atoms with Crippen molar-refractivity contribution < 1.29 is 9.90 Å². The van der Waals surface area contributed by atoms with E-state index in [1.54, 1.807) is 12.1 Å². The van der Waals surface area contributed by atoms with Gasteiger partial charge in [-0.1, -0.05) is 79.4 Å². The third-order valence-electron chi connectivity index (χ3n) is 6.42. The highest BCUT2D eigenvalue weighted by Crippen LogP contribution is 2.49. The molecule has 1 atom stereocenters. The number of carboxylic acid groups (broad SMARTS) is 1. The molecule has 0 amide bonds. The Morgan fingerprint density at radius 1 is 0.957 bits per heavy atom. The SMILES string of the molecule is CCC(C)(CC)CC(c1ccc(C(=O)O)cc1)C(C)(CC)CC. The molecule has 0 spiro atoms. The molecule has 23 heavy (non-hydrogen) atoms. The van der Waals surface area contributed by atoms with Crippen LogP contribution in [0.3, 0.4) is 0 Å². The highest BCUT2D eigenvalue weighted by molar-refractivity contribution is 5.87. The number of carboxylic acids is 1. The standard InChI is InChI=1S/C21H34O2/c1-7-20(5,8-2)15-18(21(6,9-3)10-4)16-11-13-17(14-12-16)19(22)23/h11-14,18H,7-10,15H2,1-6H3,(H,22,23).